The Morgan fingerprint density at radius 2 is 2.15 bits per heavy atom. The Labute approximate surface area is 119 Å². The molecule has 1 atom stereocenters. The van der Waals surface area contributed by atoms with Crippen LogP contribution in [0.15, 0.2) is 18.2 Å². The second-order valence-electron chi connectivity index (χ2n) is 4.81. The molecule has 0 radical (unpaired) electrons. The van der Waals surface area contributed by atoms with Crippen LogP contribution in [0.2, 0.25) is 0 Å². The zero-order valence-corrected chi connectivity index (χ0v) is 12.5. The lowest BCUT2D eigenvalue weighted by molar-refractivity contribution is -0.150. The van der Waals surface area contributed by atoms with Crippen LogP contribution in [-0.2, 0) is 9.53 Å². The van der Waals surface area contributed by atoms with Gasteiger partial charge in [-0.1, -0.05) is 0 Å². The van der Waals surface area contributed by atoms with Crippen LogP contribution >= 0.6 is 0 Å². The average molecular weight is 283 g/mol. The fourth-order valence-electron chi connectivity index (χ4n) is 1.70. The third-order valence-corrected chi connectivity index (χ3v) is 3.28. The van der Waals surface area contributed by atoms with E-state index in [1.807, 2.05) is 0 Å². The van der Waals surface area contributed by atoms with Crippen LogP contribution < -0.4 is 10.1 Å². The summed E-state index contributed by atoms with van der Waals surface area (Å²) in [6.07, 6.45) is 0.457. The lowest BCUT2D eigenvalue weighted by Crippen LogP contribution is -2.49. The molecule has 1 aromatic rings. The van der Waals surface area contributed by atoms with Crippen LogP contribution in [-0.4, -0.2) is 31.8 Å². The number of carbonyl (C=O) groups excluding carboxylic acids is 1. The normalized spacial score (nSPS) is 13.7. The molecule has 0 saturated carbocycles. The van der Waals surface area contributed by atoms with Crippen LogP contribution in [0.5, 0.6) is 5.75 Å². The molecule has 1 rings (SSSR count). The Hall–Kier alpha value is -1.62. The van der Waals surface area contributed by atoms with Crippen molar-refractivity contribution in [2.24, 2.45) is 0 Å². The molecule has 0 amide bonds. The first kappa shape index (κ1) is 16.4. The minimum Gasteiger partial charge on any atom is -0.493 e. The Kier molecular flexibility index (Phi) is 5.95. The zero-order chi connectivity index (χ0) is 15.2. The van der Waals surface area contributed by atoms with Gasteiger partial charge in [0, 0.05) is 6.42 Å². The molecule has 0 aliphatic carbocycles. The summed E-state index contributed by atoms with van der Waals surface area (Å²) in [5.74, 6) is 0.0246. The molecule has 1 unspecified atom stereocenters. The number of esters is 1. The predicted molar refractivity (Wildman–Crippen MR) is 75.3 cm³/mol. The summed E-state index contributed by atoms with van der Waals surface area (Å²) in [5.41, 5.74) is -0.255. The molecular weight excluding hydrogens is 261 g/mol. The fraction of sp³-hybridized carbons (Fsp3) is 0.533. The molecule has 20 heavy (non-hydrogen) atoms. The number of carbonyl (C=O) groups is 1. The number of halogens is 1. The van der Waals surface area contributed by atoms with Crippen molar-refractivity contribution in [2.45, 2.75) is 32.7 Å². The summed E-state index contributed by atoms with van der Waals surface area (Å²) in [6, 6.07) is 4.58. The van der Waals surface area contributed by atoms with E-state index in [0.717, 1.165) is 0 Å². The smallest absolute Gasteiger partial charge is 0.326 e. The number of aryl methyl sites for hydroxylation is 1. The van der Waals surface area contributed by atoms with Gasteiger partial charge < -0.3 is 14.8 Å². The molecule has 5 heteroatoms. The predicted octanol–water partition coefficient (Wildman–Crippen LogP) is 2.44. The Balaban J connectivity index is 2.56. The van der Waals surface area contributed by atoms with E-state index in [9.17, 15) is 9.18 Å². The second-order valence-corrected chi connectivity index (χ2v) is 4.81. The van der Waals surface area contributed by atoms with Gasteiger partial charge in [0.25, 0.3) is 0 Å². The summed E-state index contributed by atoms with van der Waals surface area (Å²) >= 11 is 0. The molecule has 0 fully saturated rings. The average Bonchev–Trinajstić information content (AvgIpc) is 2.42. The first-order chi connectivity index (χ1) is 9.42. The Bertz CT molecular complexity index is 464. The number of hydrogen-bond donors (Lipinski definition) is 1. The van der Waals surface area contributed by atoms with Crippen LogP contribution in [0, 0.1) is 12.7 Å². The molecule has 0 aliphatic heterocycles. The highest BCUT2D eigenvalue weighted by Crippen LogP contribution is 2.18. The van der Waals surface area contributed by atoms with Crippen LogP contribution in [0.1, 0.15) is 25.8 Å². The maximum atomic E-state index is 13.1. The molecule has 1 aromatic carbocycles. The molecule has 0 aliphatic rings. The molecule has 0 saturated heterocycles. The van der Waals surface area contributed by atoms with Crippen molar-refractivity contribution in [1.82, 2.24) is 5.32 Å². The maximum Gasteiger partial charge on any atom is 0.326 e. The zero-order valence-electron chi connectivity index (χ0n) is 12.5. The van der Waals surface area contributed by atoms with E-state index in [2.05, 4.69) is 5.32 Å². The monoisotopic (exact) mass is 283 g/mol. The minimum absolute atomic E-state index is 0.260. The van der Waals surface area contributed by atoms with E-state index >= 15 is 0 Å². The summed E-state index contributed by atoms with van der Waals surface area (Å²) in [6.45, 7) is 5.89. The number of ether oxygens (including phenoxy) is 2. The summed E-state index contributed by atoms with van der Waals surface area (Å²) in [4.78, 5) is 11.8. The standard InChI is InChI=1S/C15H22FNO3/c1-5-19-14(18)15(3,17-4)8-9-20-12-6-7-13(16)11(2)10-12/h6-7,10,17H,5,8-9H2,1-4H3. The van der Waals surface area contributed by atoms with Crippen molar-refractivity contribution in [2.75, 3.05) is 20.3 Å². The van der Waals surface area contributed by atoms with Crippen molar-refractivity contribution in [1.29, 1.82) is 0 Å². The van der Waals surface area contributed by atoms with Gasteiger partial charge >= 0.3 is 5.97 Å². The first-order valence-corrected chi connectivity index (χ1v) is 6.68. The molecule has 0 bridgehead atoms. The van der Waals surface area contributed by atoms with Crippen molar-refractivity contribution < 1.29 is 18.7 Å². The van der Waals surface area contributed by atoms with Gasteiger partial charge in [0.15, 0.2) is 0 Å². The minimum atomic E-state index is -0.787. The van der Waals surface area contributed by atoms with Crippen molar-refractivity contribution in [3.05, 3.63) is 29.6 Å². The van der Waals surface area contributed by atoms with Gasteiger partial charge in [-0.25, -0.2) is 4.39 Å². The molecule has 0 heterocycles. The number of nitrogens with one attached hydrogen (secondary N) is 1. The Morgan fingerprint density at radius 3 is 2.70 bits per heavy atom. The fourth-order valence-corrected chi connectivity index (χ4v) is 1.70. The number of rotatable bonds is 7. The summed E-state index contributed by atoms with van der Waals surface area (Å²) < 4.78 is 23.7. The third kappa shape index (κ3) is 4.20. The highest BCUT2D eigenvalue weighted by atomic mass is 19.1. The van der Waals surface area contributed by atoms with Crippen LogP contribution in [0.4, 0.5) is 4.39 Å². The highest BCUT2D eigenvalue weighted by molar-refractivity contribution is 5.80. The van der Waals surface area contributed by atoms with Gasteiger partial charge in [0.1, 0.15) is 17.1 Å². The largest absolute Gasteiger partial charge is 0.493 e. The SMILES string of the molecule is CCOC(=O)C(C)(CCOc1ccc(F)c(C)c1)NC. The van der Waals surface area contributed by atoms with Gasteiger partial charge in [0.05, 0.1) is 13.2 Å². The molecule has 4 nitrogen and oxygen atoms in total. The van der Waals surface area contributed by atoms with Crippen LogP contribution in [0.25, 0.3) is 0 Å². The van der Waals surface area contributed by atoms with E-state index in [1.165, 1.54) is 6.07 Å². The number of likely N-dealkylation sites (N-methyl/N-ethyl adjacent to an activating group) is 1. The molecular formula is C15H22FNO3. The summed E-state index contributed by atoms with van der Waals surface area (Å²) in [5, 5.41) is 2.96. The maximum absolute atomic E-state index is 13.1. The summed E-state index contributed by atoms with van der Waals surface area (Å²) in [7, 11) is 1.71. The van der Waals surface area contributed by atoms with Gasteiger partial charge in [-0.2, -0.15) is 0 Å². The lowest BCUT2D eigenvalue weighted by atomic mass is 9.99. The van der Waals surface area contributed by atoms with E-state index in [1.54, 1.807) is 40.0 Å². The van der Waals surface area contributed by atoms with Gasteiger partial charge in [-0.15, -0.1) is 0 Å². The highest BCUT2D eigenvalue weighted by Gasteiger charge is 2.32. The third-order valence-electron chi connectivity index (χ3n) is 3.28. The lowest BCUT2D eigenvalue weighted by Gasteiger charge is -2.26. The van der Waals surface area contributed by atoms with E-state index < -0.39 is 5.54 Å². The van der Waals surface area contributed by atoms with Crippen molar-refractivity contribution in [3.63, 3.8) is 0 Å². The molecule has 0 aromatic heterocycles. The first-order valence-electron chi connectivity index (χ1n) is 6.68. The molecule has 0 spiro atoms. The topological polar surface area (TPSA) is 47.6 Å². The number of benzene rings is 1. The Morgan fingerprint density at radius 1 is 1.45 bits per heavy atom. The van der Waals surface area contributed by atoms with E-state index in [4.69, 9.17) is 9.47 Å². The van der Waals surface area contributed by atoms with Crippen LogP contribution in [0.3, 0.4) is 0 Å². The molecule has 1 N–H and O–H groups in total. The van der Waals surface area contributed by atoms with Gasteiger partial charge in [-0.3, -0.25) is 4.79 Å². The quantitative estimate of drug-likeness (QED) is 0.781. The van der Waals surface area contributed by atoms with Gasteiger partial charge in [0.2, 0.25) is 0 Å². The molecule has 112 valence electrons. The second kappa shape index (κ2) is 7.24. The number of hydrogen-bond acceptors (Lipinski definition) is 4. The van der Waals surface area contributed by atoms with E-state index in [0.29, 0.717) is 30.9 Å². The van der Waals surface area contributed by atoms with Gasteiger partial charge in [-0.05, 0) is 51.6 Å². The van der Waals surface area contributed by atoms with Crippen molar-refractivity contribution in [3.8, 4) is 5.75 Å². The van der Waals surface area contributed by atoms with E-state index in [-0.39, 0.29) is 11.8 Å². The van der Waals surface area contributed by atoms with Crippen molar-refractivity contribution >= 4 is 5.97 Å².